The van der Waals surface area contributed by atoms with E-state index in [2.05, 4.69) is 10.1 Å². The molecule has 17 heavy (non-hydrogen) atoms. The van der Waals surface area contributed by atoms with Gasteiger partial charge in [-0.3, -0.25) is 9.59 Å². The van der Waals surface area contributed by atoms with E-state index in [9.17, 15) is 9.59 Å². The molecule has 0 aliphatic rings. The van der Waals surface area contributed by atoms with E-state index in [1.54, 1.807) is 24.3 Å². The standard InChI is InChI=1S/C12H16N2O3/c1-17-11(15)6-3-7-14-12(16)9-4-2-5-10(13)8-9/h2,4-5,8H,3,6-7,13H2,1H3,(H,14,16). The van der Waals surface area contributed by atoms with Gasteiger partial charge in [0, 0.05) is 24.2 Å². The van der Waals surface area contributed by atoms with Crippen molar-refractivity contribution in [3.8, 4) is 0 Å². The van der Waals surface area contributed by atoms with Crippen molar-refractivity contribution in [2.24, 2.45) is 0 Å². The largest absolute Gasteiger partial charge is 0.469 e. The number of nitrogens with two attached hydrogens (primary N) is 1. The summed E-state index contributed by atoms with van der Waals surface area (Å²) in [5, 5.41) is 2.70. The van der Waals surface area contributed by atoms with E-state index in [0.29, 0.717) is 30.6 Å². The first-order valence-electron chi connectivity index (χ1n) is 5.34. The smallest absolute Gasteiger partial charge is 0.305 e. The molecule has 0 saturated carbocycles. The lowest BCUT2D eigenvalue weighted by molar-refractivity contribution is -0.140. The van der Waals surface area contributed by atoms with Crippen LogP contribution in [0.25, 0.3) is 0 Å². The van der Waals surface area contributed by atoms with Crippen molar-refractivity contribution in [1.29, 1.82) is 0 Å². The molecule has 1 rings (SSSR count). The number of carbonyl (C=O) groups excluding carboxylic acids is 2. The monoisotopic (exact) mass is 236 g/mol. The molecule has 0 aromatic heterocycles. The van der Waals surface area contributed by atoms with Gasteiger partial charge in [-0.05, 0) is 24.6 Å². The summed E-state index contributed by atoms with van der Waals surface area (Å²) < 4.78 is 4.49. The Morgan fingerprint density at radius 1 is 1.41 bits per heavy atom. The molecule has 3 N–H and O–H groups in total. The first kappa shape index (κ1) is 13.0. The van der Waals surface area contributed by atoms with Crippen molar-refractivity contribution in [1.82, 2.24) is 5.32 Å². The summed E-state index contributed by atoms with van der Waals surface area (Å²) in [7, 11) is 1.34. The number of amides is 1. The van der Waals surface area contributed by atoms with E-state index in [1.165, 1.54) is 7.11 Å². The molecular formula is C12H16N2O3. The minimum Gasteiger partial charge on any atom is -0.469 e. The van der Waals surface area contributed by atoms with Crippen molar-refractivity contribution in [3.05, 3.63) is 29.8 Å². The summed E-state index contributed by atoms with van der Waals surface area (Å²) in [5.41, 5.74) is 6.63. The number of carbonyl (C=O) groups is 2. The normalized spacial score (nSPS) is 9.71. The molecule has 0 radical (unpaired) electrons. The third-order valence-corrected chi connectivity index (χ3v) is 2.22. The fourth-order valence-corrected chi connectivity index (χ4v) is 1.32. The Balaban J connectivity index is 2.33. The van der Waals surface area contributed by atoms with Gasteiger partial charge in [-0.15, -0.1) is 0 Å². The van der Waals surface area contributed by atoms with Gasteiger partial charge in [0.25, 0.3) is 5.91 Å². The number of hydrogen-bond acceptors (Lipinski definition) is 4. The molecule has 92 valence electrons. The van der Waals surface area contributed by atoms with Crippen LogP contribution in [0.1, 0.15) is 23.2 Å². The van der Waals surface area contributed by atoms with E-state index >= 15 is 0 Å². The Morgan fingerprint density at radius 3 is 2.82 bits per heavy atom. The zero-order chi connectivity index (χ0) is 12.7. The number of anilines is 1. The summed E-state index contributed by atoms with van der Waals surface area (Å²) in [4.78, 5) is 22.4. The lowest BCUT2D eigenvalue weighted by Gasteiger charge is -2.05. The lowest BCUT2D eigenvalue weighted by atomic mass is 10.2. The van der Waals surface area contributed by atoms with E-state index in [1.807, 2.05) is 0 Å². The van der Waals surface area contributed by atoms with Crippen LogP contribution in [0.4, 0.5) is 5.69 Å². The SMILES string of the molecule is COC(=O)CCCNC(=O)c1cccc(N)c1. The van der Waals surface area contributed by atoms with E-state index in [0.717, 1.165) is 0 Å². The van der Waals surface area contributed by atoms with Crippen molar-refractivity contribution < 1.29 is 14.3 Å². The van der Waals surface area contributed by atoms with Gasteiger partial charge in [0.05, 0.1) is 7.11 Å². The second-order valence-corrected chi connectivity index (χ2v) is 3.56. The van der Waals surface area contributed by atoms with Crippen LogP contribution in [0.3, 0.4) is 0 Å². The Kier molecular flexibility index (Phi) is 5.00. The van der Waals surface area contributed by atoms with Crippen molar-refractivity contribution in [2.75, 3.05) is 19.4 Å². The number of nitrogens with one attached hydrogen (secondary N) is 1. The predicted octanol–water partition coefficient (Wildman–Crippen LogP) is 0.952. The molecule has 0 bridgehead atoms. The maximum absolute atomic E-state index is 11.6. The van der Waals surface area contributed by atoms with Gasteiger partial charge in [-0.1, -0.05) is 6.07 Å². The maximum Gasteiger partial charge on any atom is 0.305 e. The second kappa shape index (κ2) is 6.52. The van der Waals surface area contributed by atoms with Crippen LogP contribution in [-0.4, -0.2) is 25.5 Å². The fourth-order valence-electron chi connectivity index (χ4n) is 1.32. The van der Waals surface area contributed by atoms with E-state index < -0.39 is 0 Å². The van der Waals surface area contributed by atoms with Crippen LogP contribution in [0, 0.1) is 0 Å². The fraction of sp³-hybridized carbons (Fsp3) is 0.333. The van der Waals surface area contributed by atoms with Gasteiger partial charge in [0.15, 0.2) is 0 Å². The van der Waals surface area contributed by atoms with E-state index in [4.69, 9.17) is 5.73 Å². The van der Waals surface area contributed by atoms with Gasteiger partial charge in [0.1, 0.15) is 0 Å². The first-order chi connectivity index (χ1) is 8.13. The summed E-state index contributed by atoms with van der Waals surface area (Å²) in [5.74, 6) is -0.467. The summed E-state index contributed by atoms with van der Waals surface area (Å²) in [6.45, 7) is 0.433. The molecule has 1 aromatic rings. The van der Waals surface area contributed by atoms with Crippen LogP contribution in [0.5, 0.6) is 0 Å². The highest BCUT2D eigenvalue weighted by Gasteiger charge is 2.05. The molecule has 0 aliphatic carbocycles. The van der Waals surface area contributed by atoms with Gasteiger partial charge >= 0.3 is 5.97 Å². The quantitative estimate of drug-likeness (QED) is 0.453. The number of esters is 1. The van der Waals surface area contributed by atoms with Gasteiger partial charge in [-0.25, -0.2) is 0 Å². The second-order valence-electron chi connectivity index (χ2n) is 3.56. The predicted molar refractivity (Wildman–Crippen MR) is 64.4 cm³/mol. The molecule has 1 amide bonds. The van der Waals surface area contributed by atoms with Crippen molar-refractivity contribution >= 4 is 17.6 Å². The molecule has 5 heteroatoms. The Bertz CT molecular complexity index is 404. The van der Waals surface area contributed by atoms with E-state index in [-0.39, 0.29) is 11.9 Å². The molecule has 0 spiro atoms. The number of hydrogen-bond donors (Lipinski definition) is 2. The number of ether oxygens (including phenoxy) is 1. The van der Waals surface area contributed by atoms with Crippen LogP contribution < -0.4 is 11.1 Å². The van der Waals surface area contributed by atoms with Crippen molar-refractivity contribution in [3.63, 3.8) is 0 Å². The van der Waals surface area contributed by atoms with Gasteiger partial charge in [-0.2, -0.15) is 0 Å². The first-order valence-corrected chi connectivity index (χ1v) is 5.34. The molecule has 0 aliphatic heterocycles. The lowest BCUT2D eigenvalue weighted by Crippen LogP contribution is -2.25. The third-order valence-electron chi connectivity index (χ3n) is 2.22. The topological polar surface area (TPSA) is 81.4 Å². The Hall–Kier alpha value is -2.04. The Morgan fingerprint density at radius 2 is 2.18 bits per heavy atom. The third kappa shape index (κ3) is 4.55. The highest BCUT2D eigenvalue weighted by atomic mass is 16.5. The zero-order valence-corrected chi connectivity index (χ0v) is 9.73. The molecule has 1 aromatic carbocycles. The maximum atomic E-state index is 11.6. The number of methoxy groups -OCH3 is 1. The highest BCUT2D eigenvalue weighted by Crippen LogP contribution is 2.06. The number of nitrogen functional groups attached to an aromatic ring is 1. The summed E-state index contributed by atoms with van der Waals surface area (Å²) in [6, 6.07) is 6.73. The molecule has 0 fully saturated rings. The molecule has 5 nitrogen and oxygen atoms in total. The molecule has 0 saturated heterocycles. The minimum atomic E-state index is -0.275. The van der Waals surface area contributed by atoms with Gasteiger partial charge < -0.3 is 15.8 Å². The average Bonchev–Trinajstić information content (AvgIpc) is 2.34. The highest BCUT2D eigenvalue weighted by molar-refractivity contribution is 5.94. The summed E-state index contributed by atoms with van der Waals surface area (Å²) >= 11 is 0. The number of benzene rings is 1. The molecule has 0 heterocycles. The van der Waals surface area contributed by atoms with Crippen molar-refractivity contribution in [2.45, 2.75) is 12.8 Å². The summed E-state index contributed by atoms with van der Waals surface area (Å²) in [6.07, 6.45) is 0.856. The number of rotatable bonds is 5. The van der Waals surface area contributed by atoms with Crippen LogP contribution in [0.15, 0.2) is 24.3 Å². The zero-order valence-electron chi connectivity index (χ0n) is 9.73. The van der Waals surface area contributed by atoms with Crippen LogP contribution in [-0.2, 0) is 9.53 Å². The minimum absolute atomic E-state index is 0.192. The van der Waals surface area contributed by atoms with Crippen LogP contribution >= 0.6 is 0 Å². The Labute approximate surface area is 99.9 Å². The molecule has 0 atom stereocenters. The molecule has 0 unspecified atom stereocenters. The van der Waals surface area contributed by atoms with Crippen LogP contribution in [0.2, 0.25) is 0 Å². The molecular weight excluding hydrogens is 220 g/mol. The average molecular weight is 236 g/mol. The van der Waals surface area contributed by atoms with Gasteiger partial charge in [0.2, 0.25) is 0 Å².